The number of carbonyl (C=O) groups is 1. The van der Waals surface area contributed by atoms with Crippen LogP contribution in [0, 0.1) is 0 Å². The van der Waals surface area contributed by atoms with Gasteiger partial charge in [0.2, 0.25) is 0 Å². The standard InChI is InChI=1S/C18H23N3O/c1-3-4-8-13-19-17-12-11-15(14-20-17)18(22)21(2)16-9-6-5-7-10-16/h5-7,9-12,14H,3-4,8,13H2,1-2H3,(H,19,20). The molecule has 4 heteroatoms. The first kappa shape index (κ1) is 16.0. The number of benzene rings is 1. The third-order valence-corrected chi connectivity index (χ3v) is 3.55. The molecule has 0 saturated heterocycles. The topological polar surface area (TPSA) is 45.2 Å². The highest BCUT2D eigenvalue weighted by molar-refractivity contribution is 6.05. The van der Waals surface area contributed by atoms with Crippen LogP contribution in [-0.2, 0) is 0 Å². The summed E-state index contributed by atoms with van der Waals surface area (Å²) in [4.78, 5) is 18.4. The Labute approximate surface area is 132 Å². The molecule has 1 aromatic heterocycles. The second kappa shape index (κ2) is 8.17. The van der Waals surface area contributed by atoms with Crippen LogP contribution < -0.4 is 10.2 Å². The van der Waals surface area contributed by atoms with E-state index in [9.17, 15) is 4.79 Å². The molecule has 1 amide bonds. The number of nitrogens with one attached hydrogen (secondary N) is 1. The van der Waals surface area contributed by atoms with E-state index < -0.39 is 0 Å². The number of pyridine rings is 1. The van der Waals surface area contributed by atoms with E-state index in [1.807, 2.05) is 42.5 Å². The summed E-state index contributed by atoms with van der Waals surface area (Å²) in [5.41, 5.74) is 1.46. The Bertz CT molecular complexity index is 581. The fourth-order valence-electron chi connectivity index (χ4n) is 2.18. The van der Waals surface area contributed by atoms with Crippen molar-refractivity contribution in [3.63, 3.8) is 0 Å². The van der Waals surface area contributed by atoms with Crippen LogP contribution in [0.3, 0.4) is 0 Å². The summed E-state index contributed by atoms with van der Waals surface area (Å²) in [6.07, 6.45) is 5.18. The lowest BCUT2D eigenvalue weighted by Gasteiger charge is -2.17. The van der Waals surface area contributed by atoms with E-state index in [0.717, 1.165) is 24.5 Å². The van der Waals surface area contributed by atoms with Gasteiger partial charge in [-0.25, -0.2) is 4.98 Å². The quantitative estimate of drug-likeness (QED) is 0.787. The summed E-state index contributed by atoms with van der Waals surface area (Å²) < 4.78 is 0. The molecule has 1 aromatic carbocycles. The lowest BCUT2D eigenvalue weighted by molar-refractivity contribution is 0.0992. The van der Waals surface area contributed by atoms with Crippen molar-refractivity contribution >= 4 is 17.4 Å². The molecule has 0 unspecified atom stereocenters. The highest BCUT2D eigenvalue weighted by Crippen LogP contribution is 2.15. The number of nitrogens with zero attached hydrogens (tertiary/aromatic N) is 2. The predicted molar refractivity (Wildman–Crippen MR) is 91.4 cm³/mol. The van der Waals surface area contributed by atoms with Gasteiger partial charge in [0, 0.05) is 25.5 Å². The van der Waals surface area contributed by atoms with Crippen LogP contribution in [0.25, 0.3) is 0 Å². The average molecular weight is 297 g/mol. The minimum absolute atomic E-state index is 0.0590. The van der Waals surface area contributed by atoms with Gasteiger partial charge < -0.3 is 10.2 Å². The monoisotopic (exact) mass is 297 g/mol. The number of anilines is 2. The molecule has 4 nitrogen and oxygen atoms in total. The Balaban J connectivity index is 1.96. The smallest absolute Gasteiger partial charge is 0.259 e. The van der Waals surface area contributed by atoms with E-state index in [2.05, 4.69) is 17.2 Å². The van der Waals surface area contributed by atoms with Crippen molar-refractivity contribution in [2.75, 3.05) is 23.8 Å². The van der Waals surface area contributed by atoms with E-state index in [-0.39, 0.29) is 5.91 Å². The molecule has 0 aliphatic rings. The van der Waals surface area contributed by atoms with E-state index in [1.54, 1.807) is 18.1 Å². The maximum atomic E-state index is 12.4. The predicted octanol–water partition coefficient (Wildman–Crippen LogP) is 3.96. The number of para-hydroxylation sites is 1. The highest BCUT2D eigenvalue weighted by Gasteiger charge is 2.13. The van der Waals surface area contributed by atoms with Gasteiger partial charge in [0.25, 0.3) is 5.91 Å². The summed E-state index contributed by atoms with van der Waals surface area (Å²) in [6, 6.07) is 13.3. The van der Waals surface area contributed by atoms with Crippen LogP contribution >= 0.6 is 0 Å². The van der Waals surface area contributed by atoms with Gasteiger partial charge in [0.05, 0.1) is 5.56 Å². The fourth-order valence-corrected chi connectivity index (χ4v) is 2.18. The number of carbonyl (C=O) groups excluding carboxylic acids is 1. The average Bonchev–Trinajstić information content (AvgIpc) is 2.59. The minimum atomic E-state index is -0.0590. The third-order valence-electron chi connectivity index (χ3n) is 3.55. The lowest BCUT2D eigenvalue weighted by Crippen LogP contribution is -2.26. The Kier molecular flexibility index (Phi) is 5.95. The maximum absolute atomic E-state index is 12.4. The SMILES string of the molecule is CCCCCNc1ccc(C(=O)N(C)c2ccccc2)cn1. The van der Waals surface area contributed by atoms with Gasteiger partial charge in [-0.15, -0.1) is 0 Å². The molecule has 0 atom stereocenters. The molecule has 2 aromatic rings. The zero-order chi connectivity index (χ0) is 15.8. The molecule has 1 heterocycles. The fraction of sp³-hybridized carbons (Fsp3) is 0.333. The van der Waals surface area contributed by atoms with Gasteiger partial charge >= 0.3 is 0 Å². The van der Waals surface area contributed by atoms with Gasteiger partial charge in [0.1, 0.15) is 5.82 Å². The third kappa shape index (κ3) is 4.32. The summed E-state index contributed by atoms with van der Waals surface area (Å²) in [6.45, 7) is 3.10. The van der Waals surface area contributed by atoms with Crippen LogP contribution in [0.5, 0.6) is 0 Å². The molecule has 2 rings (SSSR count). The van der Waals surface area contributed by atoms with Gasteiger partial charge in [-0.2, -0.15) is 0 Å². The largest absolute Gasteiger partial charge is 0.370 e. The summed E-state index contributed by atoms with van der Waals surface area (Å²) in [5, 5.41) is 3.27. The van der Waals surface area contributed by atoms with Crippen LogP contribution in [0.4, 0.5) is 11.5 Å². The molecule has 0 aliphatic heterocycles. The van der Waals surface area contributed by atoms with E-state index in [4.69, 9.17) is 0 Å². The number of aromatic nitrogens is 1. The van der Waals surface area contributed by atoms with Crippen molar-refractivity contribution in [3.8, 4) is 0 Å². The molecular formula is C18H23N3O. The molecule has 0 spiro atoms. The molecule has 0 fully saturated rings. The Hall–Kier alpha value is -2.36. The van der Waals surface area contributed by atoms with Crippen molar-refractivity contribution in [1.29, 1.82) is 0 Å². The second-order valence-electron chi connectivity index (χ2n) is 5.27. The summed E-state index contributed by atoms with van der Waals surface area (Å²) >= 11 is 0. The Morgan fingerprint density at radius 3 is 2.55 bits per heavy atom. The highest BCUT2D eigenvalue weighted by atomic mass is 16.2. The van der Waals surface area contributed by atoms with E-state index in [1.165, 1.54) is 12.8 Å². The van der Waals surface area contributed by atoms with Gasteiger partial charge in [-0.3, -0.25) is 4.79 Å². The second-order valence-corrected chi connectivity index (χ2v) is 5.27. The number of hydrogen-bond acceptors (Lipinski definition) is 3. The Morgan fingerprint density at radius 2 is 1.91 bits per heavy atom. The van der Waals surface area contributed by atoms with E-state index in [0.29, 0.717) is 5.56 Å². The van der Waals surface area contributed by atoms with Gasteiger partial charge in [-0.05, 0) is 30.7 Å². The summed E-state index contributed by atoms with van der Waals surface area (Å²) in [7, 11) is 1.77. The van der Waals surface area contributed by atoms with Crippen molar-refractivity contribution in [2.24, 2.45) is 0 Å². The first-order chi connectivity index (χ1) is 10.7. The molecule has 116 valence electrons. The number of amides is 1. The van der Waals surface area contributed by atoms with Crippen molar-refractivity contribution < 1.29 is 4.79 Å². The number of rotatable bonds is 7. The van der Waals surface area contributed by atoms with Crippen LogP contribution in [0.15, 0.2) is 48.7 Å². The normalized spacial score (nSPS) is 10.3. The van der Waals surface area contributed by atoms with Crippen LogP contribution in [0.1, 0.15) is 36.5 Å². The first-order valence-electron chi connectivity index (χ1n) is 7.75. The molecule has 1 N–H and O–H groups in total. The first-order valence-corrected chi connectivity index (χ1v) is 7.75. The van der Waals surface area contributed by atoms with Crippen LogP contribution in [-0.4, -0.2) is 24.5 Å². The number of unbranched alkanes of at least 4 members (excludes halogenated alkanes) is 2. The zero-order valence-electron chi connectivity index (χ0n) is 13.2. The number of hydrogen-bond donors (Lipinski definition) is 1. The molecule has 0 aliphatic carbocycles. The molecular weight excluding hydrogens is 274 g/mol. The van der Waals surface area contributed by atoms with Gasteiger partial charge in [0.15, 0.2) is 0 Å². The van der Waals surface area contributed by atoms with Crippen LogP contribution in [0.2, 0.25) is 0 Å². The zero-order valence-corrected chi connectivity index (χ0v) is 13.2. The minimum Gasteiger partial charge on any atom is -0.370 e. The van der Waals surface area contributed by atoms with E-state index >= 15 is 0 Å². The van der Waals surface area contributed by atoms with Crippen molar-refractivity contribution in [1.82, 2.24) is 4.98 Å². The van der Waals surface area contributed by atoms with Crippen molar-refractivity contribution in [2.45, 2.75) is 26.2 Å². The molecule has 0 bridgehead atoms. The summed E-state index contributed by atoms with van der Waals surface area (Å²) in [5.74, 6) is 0.756. The maximum Gasteiger partial charge on any atom is 0.259 e. The van der Waals surface area contributed by atoms with Gasteiger partial charge in [-0.1, -0.05) is 38.0 Å². The lowest BCUT2D eigenvalue weighted by atomic mass is 10.2. The van der Waals surface area contributed by atoms with Crippen molar-refractivity contribution in [3.05, 3.63) is 54.2 Å². The molecule has 22 heavy (non-hydrogen) atoms. The molecule has 0 saturated carbocycles. The Morgan fingerprint density at radius 1 is 1.14 bits per heavy atom. The molecule has 0 radical (unpaired) electrons.